The van der Waals surface area contributed by atoms with Gasteiger partial charge in [-0.1, -0.05) is 0 Å². The lowest BCUT2D eigenvalue weighted by Crippen LogP contribution is -2.22. The lowest BCUT2D eigenvalue weighted by molar-refractivity contribution is -0.160. The molecule has 0 aliphatic heterocycles. The van der Waals surface area contributed by atoms with Gasteiger partial charge in [-0.3, -0.25) is 0 Å². The molecule has 0 saturated heterocycles. The van der Waals surface area contributed by atoms with Crippen molar-refractivity contribution >= 4 is 5.97 Å². The lowest BCUT2D eigenvalue weighted by atomic mass is 10.4. The molecule has 1 unspecified atom stereocenters. The number of hydrogen-bond donors (Lipinski definition) is 0. The monoisotopic (exact) mass is 182 g/mol. The van der Waals surface area contributed by atoms with E-state index in [1.54, 1.807) is 13.8 Å². The van der Waals surface area contributed by atoms with E-state index in [2.05, 4.69) is 4.74 Å². The van der Waals surface area contributed by atoms with Crippen LogP contribution < -0.4 is 0 Å². The van der Waals surface area contributed by atoms with Crippen LogP contribution in [-0.4, -0.2) is 31.7 Å². The van der Waals surface area contributed by atoms with Crippen molar-refractivity contribution in [2.24, 2.45) is 0 Å². The van der Waals surface area contributed by atoms with Crippen LogP contribution in [0.1, 0.15) is 13.8 Å². The normalized spacial score (nSPS) is 13.1. The minimum absolute atomic E-state index is 0.128. The molecule has 72 valence electrons. The van der Waals surface area contributed by atoms with Gasteiger partial charge in [-0.25, -0.2) is 4.79 Å². The molecule has 0 heterocycles. The first-order valence-corrected chi connectivity index (χ1v) is 3.64. The first kappa shape index (κ1) is 11.3. The van der Waals surface area contributed by atoms with E-state index in [4.69, 9.17) is 4.74 Å². The Morgan fingerprint density at radius 3 is 2.50 bits per heavy atom. The van der Waals surface area contributed by atoms with E-state index in [0.29, 0.717) is 6.61 Å². The molecule has 0 N–H and O–H groups in total. The van der Waals surface area contributed by atoms with Gasteiger partial charge in [-0.05, 0) is 13.8 Å². The number of alkyl halides is 2. The molecule has 0 aliphatic rings. The topological polar surface area (TPSA) is 35.5 Å². The second-order valence-electron chi connectivity index (χ2n) is 2.20. The first-order valence-electron chi connectivity index (χ1n) is 3.64. The summed E-state index contributed by atoms with van der Waals surface area (Å²) in [5.74, 6) is -1.50. The Kier molecular flexibility index (Phi) is 5.53. The Balaban J connectivity index is 3.47. The highest BCUT2D eigenvalue weighted by Gasteiger charge is 2.17. The van der Waals surface area contributed by atoms with Crippen LogP contribution in [0.5, 0.6) is 0 Å². The van der Waals surface area contributed by atoms with Gasteiger partial charge in [0.05, 0.1) is 6.10 Å². The largest absolute Gasteiger partial charge is 0.459 e. The highest BCUT2D eigenvalue weighted by molar-refractivity contribution is 5.72. The SMILES string of the molecule is CCOC(C)COC(=O)C(F)F. The number of rotatable bonds is 5. The van der Waals surface area contributed by atoms with Gasteiger partial charge < -0.3 is 9.47 Å². The van der Waals surface area contributed by atoms with Crippen molar-refractivity contribution in [2.75, 3.05) is 13.2 Å². The van der Waals surface area contributed by atoms with Gasteiger partial charge in [-0.15, -0.1) is 0 Å². The summed E-state index contributed by atoms with van der Waals surface area (Å²) >= 11 is 0. The molecule has 1 atom stereocenters. The molecule has 0 bridgehead atoms. The minimum Gasteiger partial charge on any atom is -0.459 e. The van der Waals surface area contributed by atoms with Gasteiger partial charge >= 0.3 is 12.4 Å². The summed E-state index contributed by atoms with van der Waals surface area (Å²) < 4.78 is 32.3. The van der Waals surface area contributed by atoms with Gasteiger partial charge in [0, 0.05) is 6.61 Å². The van der Waals surface area contributed by atoms with Crippen LogP contribution in [-0.2, 0) is 14.3 Å². The molecule has 0 fully saturated rings. The van der Waals surface area contributed by atoms with Crippen LogP contribution in [0.25, 0.3) is 0 Å². The van der Waals surface area contributed by atoms with Crippen molar-refractivity contribution in [2.45, 2.75) is 26.4 Å². The summed E-state index contributed by atoms with van der Waals surface area (Å²) in [5, 5.41) is 0. The van der Waals surface area contributed by atoms with Crippen molar-refractivity contribution in [1.82, 2.24) is 0 Å². The van der Waals surface area contributed by atoms with Crippen LogP contribution in [0, 0.1) is 0 Å². The quantitative estimate of drug-likeness (QED) is 0.599. The Labute approximate surface area is 69.6 Å². The average molecular weight is 182 g/mol. The fourth-order valence-corrected chi connectivity index (χ4v) is 0.595. The first-order chi connectivity index (χ1) is 5.57. The number of carbonyl (C=O) groups is 1. The van der Waals surface area contributed by atoms with Crippen molar-refractivity contribution in [3.8, 4) is 0 Å². The molecule has 0 rings (SSSR count). The Morgan fingerprint density at radius 1 is 1.50 bits per heavy atom. The molecule has 0 aliphatic carbocycles. The van der Waals surface area contributed by atoms with Crippen molar-refractivity contribution in [3.05, 3.63) is 0 Å². The molecule has 5 heteroatoms. The fourth-order valence-electron chi connectivity index (χ4n) is 0.595. The lowest BCUT2D eigenvalue weighted by Gasteiger charge is -2.11. The number of carbonyl (C=O) groups excluding carboxylic acids is 1. The van der Waals surface area contributed by atoms with Gasteiger partial charge in [-0.2, -0.15) is 8.78 Å². The van der Waals surface area contributed by atoms with Gasteiger partial charge in [0.1, 0.15) is 6.61 Å². The van der Waals surface area contributed by atoms with E-state index < -0.39 is 12.4 Å². The molecule has 3 nitrogen and oxygen atoms in total. The number of halogens is 2. The Bertz CT molecular complexity index is 139. The van der Waals surface area contributed by atoms with Gasteiger partial charge in [0.15, 0.2) is 0 Å². The van der Waals surface area contributed by atoms with E-state index in [0.717, 1.165) is 0 Å². The van der Waals surface area contributed by atoms with Crippen molar-refractivity contribution < 1.29 is 23.0 Å². The number of hydrogen-bond acceptors (Lipinski definition) is 3. The van der Waals surface area contributed by atoms with E-state index in [-0.39, 0.29) is 12.7 Å². The molecule has 0 saturated carbocycles. The second kappa shape index (κ2) is 5.88. The number of ether oxygens (including phenoxy) is 2. The Morgan fingerprint density at radius 2 is 2.08 bits per heavy atom. The molecular formula is C7H12F2O3. The third-order valence-electron chi connectivity index (χ3n) is 1.09. The molecule has 0 aromatic rings. The molecule has 0 aromatic carbocycles. The van der Waals surface area contributed by atoms with Crippen LogP contribution in [0.2, 0.25) is 0 Å². The summed E-state index contributed by atoms with van der Waals surface area (Å²) in [6.45, 7) is 3.75. The summed E-state index contributed by atoms with van der Waals surface area (Å²) in [6.07, 6.45) is -3.39. The third-order valence-corrected chi connectivity index (χ3v) is 1.09. The zero-order valence-electron chi connectivity index (χ0n) is 7.05. The smallest absolute Gasteiger partial charge is 0.373 e. The van der Waals surface area contributed by atoms with E-state index in [1.807, 2.05) is 0 Å². The minimum atomic E-state index is -3.06. The summed E-state index contributed by atoms with van der Waals surface area (Å²) in [4.78, 5) is 10.2. The van der Waals surface area contributed by atoms with Gasteiger partial charge in [0.2, 0.25) is 0 Å². The van der Waals surface area contributed by atoms with Gasteiger partial charge in [0.25, 0.3) is 0 Å². The standard InChI is InChI=1S/C7H12F2O3/c1-3-11-5(2)4-12-7(10)6(8)9/h5-6H,3-4H2,1-2H3. The Hall–Kier alpha value is -0.710. The summed E-state index contributed by atoms with van der Waals surface area (Å²) in [7, 11) is 0. The second-order valence-corrected chi connectivity index (χ2v) is 2.20. The fraction of sp³-hybridized carbons (Fsp3) is 0.857. The van der Waals surface area contributed by atoms with Crippen LogP contribution in [0.4, 0.5) is 8.78 Å². The molecular weight excluding hydrogens is 170 g/mol. The van der Waals surface area contributed by atoms with Crippen LogP contribution in [0.3, 0.4) is 0 Å². The zero-order valence-corrected chi connectivity index (χ0v) is 7.05. The number of esters is 1. The maximum Gasteiger partial charge on any atom is 0.373 e. The van der Waals surface area contributed by atoms with Crippen molar-refractivity contribution in [1.29, 1.82) is 0 Å². The highest BCUT2D eigenvalue weighted by atomic mass is 19.3. The predicted octanol–water partition coefficient (Wildman–Crippen LogP) is 1.22. The summed E-state index contributed by atoms with van der Waals surface area (Å²) in [6, 6.07) is 0. The molecule has 0 spiro atoms. The van der Waals surface area contributed by atoms with E-state index in [1.165, 1.54) is 0 Å². The summed E-state index contributed by atoms with van der Waals surface area (Å²) in [5.41, 5.74) is 0. The van der Waals surface area contributed by atoms with Crippen molar-refractivity contribution in [3.63, 3.8) is 0 Å². The molecule has 0 aromatic heterocycles. The molecule has 12 heavy (non-hydrogen) atoms. The zero-order chi connectivity index (χ0) is 9.56. The van der Waals surface area contributed by atoms with E-state index in [9.17, 15) is 13.6 Å². The predicted molar refractivity (Wildman–Crippen MR) is 38.1 cm³/mol. The maximum atomic E-state index is 11.5. The third kappa shape index (κ3) is 5.01. The average Bonchev–Trinajstić information content (AvgIpc) is 2.00. The highest BCUT2D eigenvalue weighted by Crippen LogP contribution is 1.98. The molecule has 0 amide bonds. The maximum absolute atomic E-state index is 11.5. The van der Waals surface area contributed by atoms with Crippen LogP contribution >= 0.6 is 0 Å². The molecule has 0 radical (unpaired) electrons. The van der Waals surface area contributed by atoms with Crippen LogP contribution in [0.15, 0.2) is 0 Å². The van der Waals surface area contributed by atoms with E-state index >= 15 is 0 Å².